The van der Waals surface area contributed by atoms with Gasteiger partial charge in [-0.25, -0.2) is 4.98 Å². The summed E-state index contributed by atoms with van der Waals surface area (Å²) < 4.78 is 0. The fraction of sp³-hybridized carbons (Fsp3) is 0.750. The minimum Gasteiger partial charge on any atom is -0.311 e. The molecule has 0 saturated carbocycles. The van der Waals surface area contributed by atoms with E-state index in [1.54, 1.807) is 0 Å². The van der Waals surface area contributed by atoms with Crippen LogP contribution in [0.4, 0.5) is 0 Å². The lowest BCUT2D eigenvalue weighted by Gasteiger charge is -2.38. The molecule has 0 radical (unpaired) electrons. The van der Waals surface area contributed by atoms with Gasteiger partial charge >= 0.3 is 0 Å². The molecule has 2 rings (SSSR count). The standard InChI is InChI=1S/C12H21N3S/c1-4-11-7-15(9(2)5-14-11)8-12-6-13-10(3)16-12/h6,9,11,14H,4-5,7-8H2,1-3H3. The number of hydrogen-bond donors (Lipinski definition) is 1. The van der Waals surface area contributed by atoms with Gasteiger partial charge in [-0.15, -0.1) is 11.3 Å². The van der Waals surface area contributed by atoms with Gasteiger partial charge in [-0.1, -0.05) is 6.92 Å². The molecule has 0 bridgehead atoms. The molecule has 3 nitrogen and oxygen atoms in total. The van der Waals surface area contributed by atoms with Gasteiger partial charge < -0.3 is 5.32 Å². The minimum absolute atomic E-state index is 0.630. The SMILES string of the molecule is CCC1CN(Cc2cnc(C)s2)C(C)CN1. The van der Waals surface area contributed by atoms with Crippen LogP contribution in [0.1, 0.15) is 30.2 Å². The first-order valence-electron chi connectivity index (χ1n) is 6.07. The van der Waals surface area contributed by atoms with Crippen molar-refractivity contribution in [3.63, 3.8) is 0 Å². The van der Waals surface area contributed by atoms with Crippen LogP contribution < -0.4 is 5.32 Å². The van der Waals surface area contributed by atoms with Crippen molar-refractivity contribution in [1.29, 1.82) is 0 Å². The molecule has 1 aliphatic heterocycles. The van der Waals surface area contributed by atoms with Crippen molar-refractivity contribution in [1.82, 2.24) is 15.2 Å². The summed E-state index contributed by atoms with van der Waals surface area (Å²) in [4.78, 5) is 8.28. The minimum atomic E-state index is 0.630. The van der Waals surface area contributed by atoms with E-state index >= 15 is 0 Å². The second kappa shape index (κ2) is 5.25. The van der Waals surface area contributed by atoms with Crippen LogP contribution in [0.2, 0.25) is 0 Å². The summed E-state index contributed by atoms with van der Waals surface area (Å²) in [6.07, 6.45) is 3.24. The maximum absolute atomic E-state index is 4.32. The monoisotopic (exact) mass is 239 g/mol. The summed E-state index contributed by atoms with van der Waals surface area (Å²) in [5, 5.41) is 4.76. The molecule has 2 heterocycles. The Labute approximate surface area is 102 Å². The van der Waals surface area contributed by atoms with Crippen LogP contribution in [0, 0.1) is 6.92 Å². The fourth-order valence-corrected chi connectivity index (χ4v) is 2.99. The summed E-state index contributed by atoms with van der Waals surface area (Å²) in [6.45, 7) is 9.95. The molecule has 0 aromatic carbocycles. The largest absolute Gasteiger partial charge is 0.311 e. The highest BCUT2D eigenvalue weighted by molar-refractivity contribution is 7.11. The van der Waals surface area contributed by atoms with Gasteiger partial charge in [-0.05, 0) is 20.3 Å². The summed E-state index contributed by atoms with van der Waals surface area (Å²) >= 11 is 1.82. The van der Waals surface area contributed by atoms with Crippen molar-refractivity contribution in [2.24, 2.45) is 0 Å². The van der Waals surface area contributed by atoms with E-state index in [2.05, 4.69) is 36.0 Å². The van der Waals surface area contributed by atoms with Gasteiger partial charge in [0.2, 0.25) is 0 Å². The summed E-state index contributed by atoms with van der Waals surface area (Å²) in [6, 6.07) is 1.29. The molecule has 1 aliphatic rings. The summed E-state index contributed by atoms with van der Waals surface area (Å²) in [5.74, 6) is 0. The molecule has 1 aromatic heterocycles. The van der Waals surface area contributed by atoms with E-state index in [1.807, 2.05) is 17.5 Å². The van der Waals surface area contributed by atoms with E-state index in [4.69, 9.17) is 0 Å². The molecule has 2 unspecified atom stereocenters. The molecule has 1 N–H and O–H groups in total. The van der Waals surface area contributed by atoms with E-state index < -0.39 is 0 Å². The smallest absolute Gasteiger partial charge is 0.0897 e. The van der Waals surface area contributed by atoms with Crippen LogP contribution in [0.5, 0.6) is 0 Å². The van der Waals surface area contributed by atoms with Gasteiger partial charge in [0, 0.05) is 42.8 Å². The van der Waals surface area contributed by atoms with Gasteiger partial charge in [0.25, 0.3) is 0 Å². The first-order valence-corrected chi connectivity index (χ1v) is 6.89. The summed E-state index contributed by atoms with van der Waals surface area (Å²) in [5.41, 5.74) is 0. The quantitative estimate of drug-likeness (QED) is 0.875. The van der Waals surface area contributed by atoms with Gasteiger partial charge in [0.05, 0.1) is 5.01 Å². The molecule has 1 fully saturated rings. The Hall–Kier alpha value is -0.450. The first-order chi connectivity index (χ1) is 7.69. The van der Waals surface area contributed by atoms with Crippen molar-refractivity contribution in [2.75, 3.05) is 13.1 Å². The number of thiazole rings is 1. The number of hydrogen-bond acceptors (Lipinski definition) is 4. The van der Waals surface area contributed by atoms with E-state index in [-0.39, 0.29) is 0 Å². The van der Waals surface area contributed by atoms with Crippen LogP contribution in [0.15, 0.2) is 6.20 Å². The van der Waals surface area contributed by atoms with Crippen molar-refractivity contribution in [3.05, 3.63) is 16.1 Å². The zero-order valence-electron chi connectivity index (χ0n) is 10.4. The van der Waals surface area contributed by atoms with Gasteiger partial charge in [0.1, 0.15) is 0 Å². The Morgan fingerprint density at radius 3 is 3.06 bits per heavy atom. The van der Waals surface area contributed by atoms with Crippen molar-refractivity contribution < 1.29 is 0 Å². The lowest BCUT2D eigenvalue weighted by Crippen LogP contribution is -2.54. The highest BCUT2D eigenvalue weighted by atomic mass is 32.1. The lowest BCUT2D eigenvalue weighted by atomic mass is 10.1. The number of piperazine rings is 1. The Morgan fingerprint density at radius 2 is 2.44 bits per heavy atom. The Kier molecular flexibility index (Phi) is 3.95. The molecular weight excluding hydrogens is 218 g/mol. The van der Waals surface area contributed by atoms with E-state index in [9.17, 15) is 0 Å². The normalized spacial score (nSPS) is 27.2. The lowest BCUT2D eigenvalue weighted by molar-refractivity contribution is 0.132. The van der Waals surface area contributed by atoms with Crippen LogP contribution in [0.3, 0.4) is 0 Å². The average Bonchev–Trinajstić information content (AvgIpc) is 2.67. The van der Waals surface area contributed by atoms with E-state index in [0.29, 0.717) is 12.1 Å². The molecule has 1 aromatic rings. The van der Waals surface area contributed by atoms with Crippen molar-refractivity contribution in [3.8, 4) is 0 Å². The zero-order valence-corrected chi connectivity index (χ0v) is 11.2. The predicted octanol–water partition coefficient (Wildman–Crippen LogP) is 2.02. The topological polar surface area (TPSA) is 28.2 Å². The van der Waals surface area contributed by atoms with Crippen molar-refractivity contribution in [2.45, 2.75) is 45.8 Å². The number of nitrogens with zero attached hydrogens (tertiary/aromatic N) is 2. The van der Waals surface area contributed by atoms with E-state index in [0.717, 1.165) is 19.6 Å². The van der Waals surface area contributed by atoms with E-state index in [1.165, 1.54) is 16.3 Å². The summed E-state index contributed by atoms with van der Waals surface area (Å²) in [7, 11) is 0. The average molecular weight is 239 g/mol. The second-order valence-corrected chi connectivity index (χ2v) is 5.96. The van der Waals surface area contributed by atoms with Gasteiger partial charge in [0.15, 0.2) is 0 Å². The van der Waals surface area contributed by atoms with Gasteiger partial charge in [-0.3, -0.25) is 4.90 Å². The van der Waals surface area contributed by atoms with Crippen molar-refractivity contribution >= 4 is 11.3 Å². The highest BCUT2D eigenvalue weighted by Gasteiger charge is 2.24. The first kappa shape index (κ1) is 12.0. The number of rotatable bonds is 3. The predicted molar refractivity (Wildman–Crippen MR) is 68.8 cm³/mol. The molecule has 0 aliphatic carbocycles. The van der Waals surface area contributed by atoms with Gasteiger partial charge in [-0.2, -0.15) is 0 Å². The second-order valence-electron chi connectivity index (χ2n) is 4.64. The molecule has 0 amide bonds. The third-order valence-electron chi connectivity index (χ3n) is 3.30. The molecule has 16 heavy (non-hydrogen) atoms. The van der Waals surface area contributed by atoms with Crippen LogP contribution in [-0.2, 0) is 6.54 Å². The van der Waals surface area contributed by atoms with Crippen LogP contribution in [0.25, 0.3) is 0 Å². The Morgan fingerprint density at radius 1 is 1.62 bits per heavy atom. The third-order valence-corrected chi connectivity index (χ3v) is 4.20. The molecule has 4 heteroatoms. The third kappa shape index (κ3) is 2.81. The molecule has 0 spiro atoms. The maximum atomic E-state index is 4.32. The molecule has 2 atom stereocenters. The number of nitrogens with one attached hydrogen (secondary N) is 1. The maximum Gasteiger partial charge on any atom is 0.0897 e. The number of aryl methyl sites for hydroxylation is 1. The van der Waals surface area contributed by atoms with Crippen LogP contribution >= 0.6 is 11.3 Å². The number of aromatic nitrogens is 1. The molecule has 90 valence electrons. The van der Waals surface area contributed by atoms with Crippen LogP contribution in [-0.4, -0.2) is 35.1 Å². The zero-order chi connectivity index (χ0) is 11.5. The highest BCUT2D eigenvalue weighted by Crippen LogP contribution is 2.18. The molecule has 1 saturated heterocycles. The Bertz CT molecular complexity index is 337. The molecular formula is C12H21N3S. The Balaban J connectivity index is 1.96. The fourth-order valence-electron chi connectivity index (χ4n) is 2.17.